The normalized spacial score (nSPS) is 9.93. The maximum atomic E-state index is 10.8. The number of rotatable bonds is 8. The van der Waals surface area contributed by atoms with Gasteiger partial charge in [0.25, 0.3) is 0 Å². The van der Waals surface area contributed by atoms with Gasteiger partial charge in [-0.25, -0.2) is 4.79 Å². The van der Waals surface area contributed by atoms with E-state index in [0.717, 1.165) is 12.8 Å². The summed E-state index contributed by atoms with van der Waals surface area (Å²) in [6.07, 6.45) is 8.39. The fourth-order valence-corrected chi connectivity index (χ4v) is 1.35. The van der Waals surface area contributed by atoms with E-state index in [-0.39, 0.29) is 4.99 Å². The first kappa shape index (κ1) is 14.4. The summed E-state index contributed by atoms with van der Waals surface area (Å²) >= 11 is 4.47. The minimum Gasteiger partial charge on any atom is -0.460 e. The van der Waals surface area contributed by atoms with Crippen LogP contribution in [0.25, 0.3) is 0 Å². The summed E-state index contributed by atoms with van der Waals surface area (Å²) in [6, 6.07) is 0. The Kier molecular flexibility index (Phi) is 9.48. The van der Waals surface area contributed by atoms with Gasteiger partial charge in [0, 0.05) is 0 Å². The molecule has 0 rings (SSSR count). The summed E-state index contributed by atoms with van der Waals surface area (Å²) in [7, 11) is 0. The fourth-order valence-electron chi connectivity index (χ4n) is 1.30. The van der Waals surface area contributed by atoms with Crippen LogP contribution < -0.4 is 5.73 Å². The molecule has 15 heavy (non-hydrogen) atoms. The lowest BCUT2D eigenvalue weighted by molar-refractivity contribution is -0.135. The zero-order valence-electron chi connectivity index (χ0n) is 9.46. The standard InChI is InChI=1S/C11H21NO2S/c1-2-3-4-5-6-7-8-9-14-11(13)10(12)15/h2-9H2,1H3,(H2,12,15). The van der Waals surface area contributed by atoms with Gasteiger partial charge in [-0.1, -0.05) is 57.7 Å². The first-order chi connectivity index (χ1) is 7.18. The highest BCUT2D eigenvalue weighted by Gasteiger charge is 2.04. The van der Waals surface area contributed by atoms with Crippen LogP contribution in [0.15, 0.2) is 0 Å². The second-order valence-corrected chi connectivity index (χ2v) is 4.06. The molecule has 0 fully saturated rings. The molecule has 0 bridgehead atoms. The largest absolute Gasteiger partial charge is 0.460 e. The third-order valence-electron chi connectivity index (χ3n) is 2.18. The van der Waals surface area contributed by atoms with E-state index in [4.69, 9.17) is 10.5 Å². The fraction of sp³-hybridized carbons (Fsp3) is 0.818. The van der Waals surface area contributed by atoms with Crippen LogP contribution in [0, 0.1) is 0 Å². The Morgan fingerprint density at radius 1 is 1.13 bits per heavy atom. The highest BCUT2D eigenvalue weighted by molar-refractivity contribution is 7.81. The molecule has 0 radical (unpaired) electrons. The van der Waals surface area contributed by atoms with E-state index in [2.05, 4.69) is 19.1 Å². The summed E-state index contributed by atoms with van der Waals surface area (Å²) in [5, 5.41) is 0. The molecule has 0 aliphatic rings. The van der Waals surface area contributed by atoms with Gasteiger partial charge < -0.3 is 10.5 Å². The van der Waals surface area contributed by atoms with Gasteiger partial charge in [0.15, 0.2) is 4.99 Å². The van der Waals surface area contributed by atoms with Crippen LogP contribution in [0.2, 0.25) is 0 Å². The Labute approximate surface area is 97.4 Å². The van der Waals surface area contributed by atoms with E-state index in [1.54, 1.807) is 0 Å². The molecule has 3 nitrogen and oxygen atoms in total. The number of ether oxygens (including phenoxy) is 1. The number of carbonyl (C=O) groups is 1. The number of esters is 1. The SMILES string of the molecule is CCCCCCCCCOC(=O)C(N)=S. The molecule has 0 atom stereocenters. The lowest BCUT2D eigenvalue weighted by Crippen LogP contribution is -2.23. The number of thiocarbonyl (C=S) groups is 1. The van der Waals surface area contributed by atoms with Gasteiger partial charge in [-0.05, 0) is 6.42 Å². The molecule has 0 saturated carbocycles. The van der Waals surface area contributed by atoms with Crippen LogP contribution in [0.5, 0.6) is 0 Å². The second kappa shape index (κ2) is 9.90. The molecule has 0 heterocycles. The maximum Gasteiger partial charge on any atom is 0.365 e. The van der Waals surface area contributed by atoms with E-state index in [1.807, 2.05) is 0 Å². The van der Waals surface area contributed by atoms with Crippen LogP contribution >= 0.6 is 12.2 Å². The molecule has 4 heteroatoms. The zero-order valence-corrected chi connectivity index (χ0v) is 10.3. The smallest absolute Gasteiger partial charge is 0.365 e. The van der Waals surface area contributed by atoms with Crippen molar-refractivity contribution in [2.75, 3.05) is 6.61 Å². The molecule has 0 saturated heterocycles. The third kappa shape index (κ3) is 9.66. The Bertz CT molecular complexity index is 195. The molecule has 0 aliphatic heterocycles. The summed E-state index contributed by atoms with van der Waals surface area (Å²) in [4.78, 5) is 10.6. The molecule has 0 amide bonds. The lowest BCUT2D eigenvalue weighted by Gasteiger charge is -2.03. The second-order valence-electron chi connectivity index (χ2n) is 3.62. The van der Waals surface area contributed by atoms with Crippen molar-refractivity contribution in [2.45, 2.75) is 51.9 Å². The minimum atomic E-state index is -0.559. The Balaban J connectivity index is 3.11. The van der Waals surface area contributed by atoms with Crippen molar-refractivity contribution in [1.82, 2.24) is 0 Å². The summed E-state index contributed by atoms with van der Waals surface area (Å²) in [5.74, 6) is -0.559. The average molecular weight is 231 g/mol. The van der Waals surface area contributed by atoms with Crippen molar-refractivity contribution in [3.05, 3.63) is 0 Å². The number of hydrogen-bond donors (Lipinski definition) is 1. The molecule has 0 aromatic rings. The first-order valence-electron chi connectivity index (χ1n) is 5.65. The van der Waals surface area contributed by atoms with Gasteiger partial charge in [-0.2, -0.15) is 0 Å². The van der Waals surface area contributed by atoms with E-state index in [0.29, 0.717) is 6.61 Å². The van der Waals surface area contributed by atoms with E-state index in [9.17, 15) is 4.79 Å². The highest BCUT2D eigenvalue weighted by Crippen LogP contribution is 2.06. The molecular weight excluding hydrogens is 210 g/mol. The zero-order chi connectivity index (χ0) is 11.5. The quantitative estimate of drug-likeness (QED) is 0.396. The van der Waals surface area contributed by atoms with Crippen molar-refractivity contribution in [3.63, 3.8) is 0 Å². The Hall–Kier alpha value is -0.640. The summed E-state index contributed by atoms with van der Waals surface area (Å²) < 4.78 is 4.83. The molecule has 88 valence electrons. The lowest BCUT2D eigenvalue weighted by atomic mass is 10.1. The number of nitrogens with two attached hydrogens (primary N) is 1. The van der Waals surface area contributed by atoms with Gasteiger partial charge in [0.1, 0.15) is 0 Å². The molecule has 0 aromatic heterocycles. The summed E-state index contributed by atoms with van der Waals surface area (Å²) in [5.41, 5.74) is 5.09. The van der Waals surface area contributed by atoms with Crippen molar-refractivity contribution in [2.24, 2.45) is 5.73 Å². The van der Waals surface area contributed by atoms with E-state index < -0.39 is 5.97 Å². The number of hydrogen-bond acceptors (Lipinski definition) is 3. The Morgan fingerprint density at radius 3 is 2.20 bits per heavy atom. The molecule has 0 aromatic carbocycles. The van der Waals surface area contributed by atoms with Crippen molar-refractivity contribution < 1.29 is 9.53 Å². The van der Waals surface area contributed by atoms with Gasteiger partial charge in [-0.15, -0.1) is 0 Å². The summed E-state index contributed by atoms with van der Waals surface area (Å²) in [6.45, 7) is 2.64. The van der Waals surface area contributed by atoms with Gasteiger partial charge in [0.2, 0.25) is 0 Å². The number of carbonyl (C=O) groups excluding carboxylic acids is 1. The topological polar surface area (TPSA) is 52.3 Å². The van der Waals surface area contributed by atoms with Gasteiger partial charge >= 0.3 is 5.97 Å². The third-order valence-corrected chi connectivity index (χ3v) is 2.35. The van der Waals surface area contributed by atoms with Crippen molar-refractivity contribution in [3.8, 4) is 0 Å². The molecule has 0 aliphatic carbocycles. The van der Waals surface area contributed by atoms with Crippen LogP contribution in [0.1, 0.15) is 51.9 Å². The van der Waals surface area contributed by atoms with Crippen LogP contribution in [0.4, 0.5) is 0 Å². The van der Waals surface area contributed by atoms with Crippen molar-refractivity contribution >= 4 is 23.2 Å². The maximum absolute atomic E-state index is 10.8. The molecular formula is C11H21NO2S. The van der Waals surface area contributed by atoms with Crippen LogP contribution in [0.3, 0.4) is 0 Å². The van der Waals surface area contributed by atoms with Crippen molar-refractivity contribution in [1.29, 1.82) is 0 Å². The predicted molar refractivity (Wildman–Crippen MR) is 65.7 cm³/mol. The van der Waals surface area contributed by atoms with Crippen LogP contribution in [-0.2, 0) is 9.53 Å². The molecule has 2 N–H and O–H groups in total. The van der Waals surface area contributed by atoms with E-state index >= 15 is 0 Å². The number of unbranched alkanes of at least 4 members (excludes halogenated alkanes) is 6. The monoisotopic (exact) mass is 231 g/mol. The van der Waals surface area contributed by atoms with E-state index in [1.165, 1.54) is 32.1 Å². The van der Waals surface area contributed by atoms with Gasteiger partial charge in [-0.3, -0.25) is 0 Å². The molecule has 0 spiro atoms. The van der Waals surface area contributed by atoms with Crippen LogP contribution in [-0.4, -0.2) is 17.6 Å². The minimum absolute atomic E-state index is 0.182. The average Bonchev–Trinajstić information content (AvgIpc) is 2.21. The predicted octanol–water partition coefficient (Wildman–Crippen LogP) is 2.57. The van der Waals surface area contributed by atoms with Gasteiger partial charge in [0.05, 0.1) is 6.61 Å². The Morgan fingerprint density at radius 2 is 1.67 bits per heavy atom. The highest BCUT2D eigenvalue weighted by atomic mass is 32.1. The molecule has 0 unspecified atom stereocenters. The first-order valence-corrected chi connectivity index (χ1v) is 6.06.